The summed E-state index contributed by atoms with van der Waals surface area (Å²) in [6.45, 7) is 7.46. The first-order valence-corrected chi connectivity index (χ1v) is 6.37. The van der Waals surface area contributed by atoms with Crippen molar-refractivity contribution in [3.63, 3.8) is 0 Å². The predicted octanol–water partition coefficient (Wildman–Crippen LogP) is 0.746. The van der Waals surface area contributed by atoms with Gasteiger partial charge in [0, 0.05) is 31.0 Å². The summed E-state index contributed by atoms with van der Waals surface area (Å²) in [5.41, 5.74) is 4.38. The largest absolute Gasteiger partial charge is 0.351 e. The van der Waals surface area contributed by atoms with E-state index in [1.807, 2.05) is 14.0 Å². The fourth-order valence-electron chi connectivity index (χ4n) is 1.56. The molecular weight excluding hydrogens is 242 g/mol. The second-order valence-corrected chi connectivity index (χ2v) is 4.85. The number of nitrogen functional groups attached to an aromatic ring is 1. The molecule has 0 aliphatic rings. The van der Waals surface area contributed by atoms with Gasteiger partial charge in [0.25, 0.3) is 5.91 Å². The van der Waals surface area contributed by atoms with Crippen LogP contribution in [0.25, 0.3) is 0 Å². The minimum atomic E-state index is -0.169. The lowest BCUT2D eigenvalue weighted by Gasteiger charge is -2.21. The second-order valence-electron chi connectivity index (χ2n) is 4.85. The lowest BCUT2D eigenvalue weighted by atomic mass is 10.2. The Balaban J connectivity index is 2.59. The molecule has 0 saturated carbocycles. The van der Waals surface area contributed by atoms with Crippen LogP contribution in [0.3, 0.4) is 0 Å². The zero-order valence-electron chi connectivity index (χ0n) is 12.0. The number of nitrogens with zero attached hydrogens (tertiary/aromatic N) is 2. The van der Waals surface area contributed by atoms with Crippen LogP contribution in [-0.2, 0) is 0 Å². The summed E-state index contributed by atoms with van der Waals surface area (Å²) in [5.74, 6) is 5.24. The maximum absolute atomic E-state index is 12.0. The van der Waals surface area contributed by atoms with E-state index in [1.165, 1.54) is 6.20 Å². The van der Waals surface area contributed by atoms with Gasteiger partial charge in [0.05, 0.1) is 11.3 Å². The lowest BCUT2D eigenvalue weighted by Crippen LogP contribution is -2.36. The predicted molar refractivity (Wildman–Crippen MR) is 76.9 cm³/mol. The Morgan fingerprint density at radius 1 is 1.53 bits per heavy atom. The first-order valence-electron chi connectivity index (χ1n) is 6.37. The molecule has 6 heteroatoms. The van der Waals surface area contributed by atoms with Crippen molar-refractivity contribution < 1.29 is 4.79 Å². The average Bonchev–Trinajstić information content (AvgIpc) is 2.37. The maximum Gasteiger partial charge on any atom is 0.255 e. The van der Waals surface area contributed by atoms with E-state index in [1.54, 1.807) is 6.07 Å². The smallest absolute Gasteiger partial charge is 0.255 e. The molecule has 1 aromatic heterocycles. The molecule has 6 nitrogen and oxygen atoms in total. The van der Waals surface area contributed by atoms with E-state index in [0.717, 1.165) is 12.2 Å². The highest BCUT2D eigenvalue weighted by Crippen LogP contribution is 2.13. The van der Waals surface area contributed by atoms with E-state index >= 15 is 0 Å². The standard InChI is InChI=1S/C13H23N5O/c1-9(2)18(4)6-5-15-13(19)11-8-16-10(3)7-12(11)17-14/h7-9H,5-6,14H2,1-4H3,(H,15,19)(H,16,17). The number of carbonyl (C=O) groups is 1. The van der Waals surface area contributed by atoms with Gasteiger partial charge >= 0.3 is 0 Å². The maximum atomic E-state index is 12.0. The van der Waals surface area contributed by atoms with E-state index in [-0.39, 0.29) is 5.91 Å². The summed E-state index contributed by atoms with van der Waals surface area (Å²) >= 11 is 0. The van der Waals surface area contributed by atoms with Gasteiger partial charge in [-0.25, -0.2) is 0 Å². The van der Waals surface area contributed by atoms with E-state index in [9.17, 15) is 4.79 Å². The third-order valence-corrected chi connectivity index (χ3v) is 3.07. The normalized spacial score (nSPS) is 10.9. The summed E-state index contributed by atoms with van der Waals surface area (Å²) in [4.78, 5) is 18.3. The van der Waals surface area contributed by atoms with Gasteiger partial charge < -0.3 is 15.6 Å². The molecular formula is C13H23N5O. The summed E-state index contributed by atoms with van der Waals surface area (Å²) in [5, 5.41) is 2.86. The summed E-state index contributed by atoms with van der Waals surface area (Å²) < 4.78 is 0. The molecule has 0 aliphatic carbocycles. The van der Waals surface area contributed by atoms with Crippen LogP contribution in [0, 0.1) is 6.92 Å². The number of likely N-dealkylation sites (N-methyl/N-ethyl adjacent to an activating group) is 1. The van der Waals surface area contributed by atoms with Gasteiger partial charge in [0.15, 0.2) is 0 Å². The van der Waals surface area contributed by atoms with Gasteiger partial charge in [-0.15, -0.1) is 0 Å². The Bertz CT molecular complexity index is 433. The van der Waals surface area contributed by atoms with E-state index in [4.69, 9.17) is 5.84 Å². The van der Waals surface area contributed by atoms with Crippen molar-refractivity contribution in [2.24, 2.45) is 5.84 Å². The summed E-state index contributed by atoms with van der Waals surface area (Å²) in [6, 6.07) is 2.20. The van der Waals surface area contributed by atoms with Gasteiger partial charge in [-0.2, -0.15) is 0 Å². The van der Waals surface area contributed by atoms with Crippen LogP contribution >= 0.6 is 0 Å². The second kappa shape index (κ2) is 7.06. The third kappa shape index (κ3) is 4.50. The molecule has 0 aromatic carbocycles. The Hall–Kier alpha value is -1.66. The molecule has 0 aliphatic heterocycles. The highest BCUT2D eigenvalue weighted by molar-refractivity contribution is 5.99. The van der Waals surface area contributed by atoms with E-state index in [2.05, 4.69) is 34.5 Å². The van der Waals surface area contributed by atoms with E-state index < -0.39 is 0 Å². The number of pyridine rings is 1. The fourth-order valence-corrected chi connectivity index (χ4v) is 1.56. The van der Waals surface area contributed by atoms with Crippen LogP contribution in [0.1, 0.15) is 29.9 Å². The number of carbonyl (C=O) groups excluding carboxylic acids is 1. The molecule has 0 saturated heterocycles. The molecule has 0 bridgehead atoms. The average molecular weight is 265 g/mol. The quantitative estimate of drug-likeness (QED) is 0.522. The van der Waals surface area contributed by atoms with Gasteiger partial charge in [-0.3, -0.25) is 15.6 Å². The number of hydrogen-bond acceptors (Lipinski definition) is 5. The van der Waals surface area contributed by atoms with Crippen molar-refractivity contribution in [2.45, 2.75) is 26.8 Å². The molecule has 0 fully saturated rings. The summed E-state index contributed by atoms with van der Waals surface area (Å²) in [7, 11) is 2.02. The van der Waals surface area contributed by atoms with Crippen LogP contribution in [0.2, 0.25) is 0 Å². The molecule has 106 valence electrons. The van der Waals surface area contributed by atoms with Gasteiger partial charge in [0.1, 0.15) is 0 Å². The number of hydrogen-bond donors (Lipinski definition) is 3. The third-order valence-electron chi connectivity index (χ3n) is 3.07. The minimum Gasteiger partial charge on any atom is -0.351 e. The molecule has 4 N–H and O–H groups in total. The molecule has 0 spiro atoms. The monoisotopic (exact) mass is 265 g/mol. The minimum absolute atomic E-state index is 0.169. The van der Waals surface area contributed by atoms with Crippen LogP contribution in [-0.4, -0.2) is 42.0 Å². The lowest BCUT2D eigenvalue weighted by molar-refractivity contribution is 0.0948. The number of amides is 1. The van der Waals surface area contributed by atoms with Crippen molar-refractivity contribution in [2.75, 3.05) is 25.6 Å². The molecule has 1 amide bonds. The highest BCUT2D eigenvalue weighted by atomic mass is 16.1. The molecule has 0 radical (unpaired) electrons. The number of anilines is 1. The Labute approximate surface area is 114 Å². The number of nitrogens with one attached hydrogen (secondary N) is 2. The molecule has 1 aromatic rings. The Morgan fingerprint density at radius 3 is 2.79 bits per heavy atom. The molecule has 1 heterocycles. The van der Waals surface area contributed by atoms with Gasteiger partial charge in [-0.1, -0.05) is 0 Å². The molecule has 19 heavy (non-hydrogen) atoms. The van der Waals surface area contributed by atoms with Gasteiger partial charge in [-0.05, 0) is 33.9 Å². The Kier molecular flexibility index (Phi) is 5.72. The van der Waals surface area contributed by atoms with Crippen molar-refractivity contribution >= 4 is 11.6 Å². The van der Waals surface area contributed by atoms with Crippen molar-refractivity contribution in [1.82, 2.24) is 15.2 Å². The van der Waals surface area contributed by atoms with Crippen molar-refractivity contribution in [1.29, 1.82) is 0 Å². The van der Waals surface area contributed by atoms with Crippen LogP contribution in [0.15, 0.2) is 12.3 Å². The van der Waals surface area contributed by atoms with Crippen LogP contribution in [0.4, 0.5) is 5.69 Å². The van der Waals surface area contributed by atoms with Crippen molar-refractivity contribution in [3.05, 3.63) is 23.5 Å². The number of hydrazine groups is 1. The number of nitrogens with two attached hydrogens (primary N) is 1. The Morgan fingerprint density at radius 2 is 2.21 bits per heavy atom. The zero-order chi connectivity index (χ0) is 14.4. The highest BCUT2D eigenvalue weighted by Gasteiger charge is 2.12. The SMILES string of the molecule is Cc1cc(NN)c(C(=O)NCCN(C)C(C)C)cn1. The number of rotatable bonds is 6. The molecule has 0 atom stereocenters. The fraction of sp³-hybridized carbons (Fsp3) is 0.538. The first kappa shape index (κ1) is 15.4. The van der Waals surface area contributed by atoms with Crippen molar-refractivity contribution in [3.8, 4) is 0 Å². The number of aryl methyl sites for hydroxylation is 1. The molecule has 0 unspecified atom stereocenters. The zero-order valence-corrected chi connectivity index (χ0v) is 12.0. The topological polar surface area (TPSA) is 83.3 Å². The van der Waals surface area contributed by atoms with Crippen LogP contribution in [0.5, 0.6) is 0 Å². The first-order chi connectivity index (χ1) is 8.95. The number of aromatic nitrogens is 1. The van der Waals surface area contributed by atoms with Gasteiger partial charge in [0.2, 0.25) is 0 Å². The molecule has 1 rings (SSSR count). The van der Waals surface area contributed by atoms with Crippen LogP contribution < -0.4 is 16.6 Å². The van der Waals surface area contributed by atoms with E-state index in [0.29, 0.717) is 23.8 Å². The summed E-state index contributed by atoms with van der Waals surface area (Å²) in [6.07, 6.45) is 1.53.